The number of hydrogen-bond acceptors (Lipinski definition) is 5. The summed E-state index contributed by atoms with van der Waals surface area (Å²) in [6.45, 7) is 5.79. The molecule has 2 unspecified atom stereocenters. The van der Waals surface area contributed by atoms with Gasteiger partial charge in [0.25, 0.3) is 5.91 Å². The summed E-state index contributed by atoms with van der Waals surface area (Å²) >= 11 is 1.59. The summed E-state index contributed by atoms with van der Waals surface area (Å²) in [5.41, 5.74) is 8.46. The van der Waals surface area contributed by atoms with Gasteiger partial charge in [-0.15, -0.1) is 0 Å². The number of anilines is 1. The van der Waals surface area contributed by atoms with Gasteiger partial charge in [0, 0.05) is 37.1 Å². The van der Waals surface area contributed by atoms with Crippen molar-refractivity contribution in [2.45, 2.75) is 25.8 Å². The van der Waals surface area contributed by atoms with E-state index in [0.717, 1.165) is 24.3 Å². The van der Waals surface area contributed by atoms with Gasteiger partial charge in [0.05, 0.1) is 5.54 Å². The standard InChI is InChI=1S/C23H30N4OS/c1-17-16-29-22(24)26-23(17,2)19-10-7-9-18(15-19)21(28)25-13-8-14-27(3)20-11-5-4-6-12-20/h4-7,9-12,15,17H,8,13-14,16H2,1-3H3,(H2,24,26)(H,25,28). The number of para-hydroxylation sites is 1. The number of thioether (sulfide) groups is 1. The van der Waals surface area contributed by atoms with Gasteiger partial charge >= 0.3 is 0 Å². The first kappa shape index (κ1) is 21.2. The van der Waals surface area contributed by atoms with Crippen LogP contribution in [0.2, 0.25) is 0 Å². The number of nitrogens with two attached hydrogens (primary N) is 1. The number of carbonyl (C=O) groups excluding carboxylic acids is 1. The highest BCUT2D eigenvalue weighted by atomic mass is 32.2. The van der Waals surface area contributed by atoms with E-state index in [2.05, 4.69) is 43.2 Å². The highest BCUT2D eigenvalue weighted by Gasteiger charge is 2.36. The molecule has 0 bridgehead atoms. The maximum Gasteiger partial charge on any atom is 0.251 e. The van der Waals surface area contributed by atoms with Crippen molar-refractivity contribution in [1.82, 2.24) is 5.32 Å². The first-order valence-electron chi connectivity index (χ1n) is 10.0. The van der Waals surface area contributed by atoms with E-state index in [1.54, 1.807) is 11.8 Å². The number of aliphatic imine (C=N–C) groups is 1. The van der Waals surface area contributed by atoms with Crippen molar-refractivity contribution in [3.05, 3.63) is 65.7 Å². The lowest BCUT2D eigenvalue weighted by atomic mass is 9.81. The van der Waals surface area contributed by atoms with Crippen molar-refractivity contribution < 1.29 is 4.79 Å². The zero-order valence-electron chi connectivity index (χ0n) is 17.4. The number of rotatable bonds is 7. The van der Waals surface area contributed by atoms with Gasteiger partial charge in [-0.3, -0.25) is 9.79 Å². The SMILES string of the molecule is CC1CSC(N)=NC1(C)c1cccc(C(=O)NCCCN(C)c2ccccc2)c1. The molecule has 2 atom stereocenters. The second-order valence-corrected chi connectivity index (χ2v) is 8.80. The van der Waals surface area contributed by atoms with E-state index in [4.69, 9.17) is 10.7 Å². The van der Waals surface area contributed by atoms with Crippen LogP contribution in [0.1, 0.15) is 36.2 Å². The van der Waals surface area contributed by atoms with Crippen molar-refractivity contribution in [1.29, 1.82) is 0 Å². The third kappa shape index (κ3) is 5.12. The molecule has 0 spiro atoms. The van der Waals surface area contributed by atoms with Gasteiger partial charge < -0.3 is 16.0 Å². The van der Waals surface area contributed by atoms with Gasteiger partial charge in [-0.2, -0.15) is 0 Å². The molecule has 3 rings (SSSR count). The smallest absolute Gasteiger partial charge is 0.251 e. The maximum atomic E-state index is 12.7. The highest BCUT2D eigenvalue weighted by Crippen LogP contribution is 2.39. The Balaban J connectivity index is 1.58. The van der Waals surface area contributed by atoms with Gasteiger partial charge in [0.1, 0.15) is 0 Å². The molecular weight excluding hydrogens is 380 g/mol. The molecule has 0 saturated heterocycles. The minimum Gasteiger partial charge on any atom is -0.379 e. The van der Waals surface area contributed by atoms with Crippen LogP contribution in [0.25, 0.3) is 0 Å². The normalized spacial score (nSPS) is 21.3. The molecule has 1 amide bonds. The molecule has 1 aliphatic rings. The lowest BCUT2D eigenvalue weighted by Gasteiger charge is -2.36. The summed E-state index contributed by atoms with van der Waals surface area (Å²) in [6, 6.07) is 18.0. The van der Waals surface area contributed by atoms with Crippen LogP contribution in [0.3, 0.4) is 0 Å². The molecular formula is C23H30N4OS. The van der Waals surface area contributed by atoms with Crippen molar-refractivity contribution in [3.8, 4) is 0 Å². The van der Waals surface area contributed by atoms with E-state index in [-0.39, 0.29) is 5.91 Å². The van der Waals surface area contributed by atoms with Gasteiger partial charge in [-0.1, -0.05) is 49.0 Å². The Morgan fingerprint density at radius 3 is 2.79 bits per heavy atom. The molecule has 0 aromatic heterocycles. The van der Waals surface area contributed by atoms with Crippen LogP contribution in [0.4, 0.5) is 5.69 Å². The molecule has 0 radical (unpaired) electrons. The second-order valence-electron chi connectivity index (χ2n) is 7.76. The number of nitrogens with zero attached hydrogens (tertiary/aromatic N) is 2. The maximum absolute atomic E-state index is 12.7. The van der Waals surface area contributed by atoms with E-state index >= 15 is 0 Å². The quantitative estimate of drug-likeness (QED) is 0.680. The molecule has 29 heavy (non-hydrogen) atoms. The average molecular weight is 411 g/mol. The monoisotopic (exact) mass is 410 g/mol. The largest absolute Gasteiger partial charge is 0.379 e. The minimum absolute atomic E-state index is 0.0485. The Morgan fingerprint density at radius 2 is 2.03 bits per heavy atom. The van der Waals surface area contributed by atoms with Gasteiger partial charge in [0.2, 0.25) is 0 Å². The predicted octanol–water partition coefficient (Wildman–Crippen LogP) is 3.86. The summed E-state index contributed by atoms with van der Waals surface area (Å²) in [4.78, 5) is 19.6. The number of amides is 1. The first-order valence-corrected chi connectivity index (χ1v) is 11.0. The lowest BCUT2D eigenvalue weighted by Crippen LogP contribution is -2.36. The number of hydrogen-bond donors (Lipinski definition) is 2. The van der Waals surface area contributed by atoms with Crippen molar-refractivity contribution in [3.63, 3.8) is 0 Å². The molecule has 0 saturated carbocycles. The molecule has 6 heteroatoms. The fourth-order valence-corrected chi connectivity index (χ4v) is 4.50. The molecule has 2 aromatic carbocycles. The van der Waals surface area contributed by atoms with Gasteiger partial charge in [0.15, 0.2) is 5.17 Å². The summed E-state index contributed by atoms with van der Waals surface area (Å²) in [5, 5.41) is 3.65. The molecule has 154 valence electrons. The van der Waals surface area contributed by atoms with Crippen LogP contribution in [-0.2, 0) is 5.54 Å². The summed E-state index contributed by atoms with van der Waals surface area (Å²) < 4.78 is 0. The molecule has 1 aliphatic heterocycles. The molecule has 3 N–H and O–H groups in total. The summed E-state index contributed by atoms with van der Waals surface area (Å²) in [7, 11) is 2.07. The fraction of sp³-hybridized carbons (Fsp3) is 0.391. The van der Waals surface area contributed by atoms with Crippen LogP contribution in [0.15, 0.2) is 59.6 Å². The second kappa shape index (κ2) is 9.35. The summed E-state index contributed by atoms with van der Waals surface area (Å²) in [6.07, 6.45) is 0.879. The predicted molar refractivity (Wildman–Crippen MR) is 124 cm³/mol. The third-order valence-corrected chi connectivity index (χ3v) is 6.70. The summed E-state index contributed by atoms with van der Waals surface area (Å²) in [5.74, 6) is 1.22. The topological polar surface area (TPSA) is 70.7 Å². The molecule has 2 aromatic rings. The molecule has 0 aliphatic carbocycles. The van der Waals surface area contributed by atoms with Crippen molar-refractivity contribution >= 4 is 28.5 Å². The lowest BCUT2D eigenvalue weighted by molar-refractivity contribution is 0.0953. The van der Waals surface area contributed by atoms with E-state index in [1.807, 2.05) is 42.5 Å². The van der Waals surface area contributed by atoms with Crippen molar-refractivity contribution in [2.75, 3.05) is 30.8 Å². The first-order chi connectivity index (χ1) is 13.9. The Labute approximate surface area is 177 Å². The van der Waals surface area contributed by atoms with Crippen LogP contribution < -0.4 is 16.0 Å². The van der Waals surface area contributed by atoms with E-state index in [1.165, 1.54) is 5.69 Å². The number of carbonyl (C=O) groups is 1. The van der Waals surface area contributed by atoms with Crippen LogP contribution in [-0.4, -0.2) is 37.0 Å². The Bertz CT molecular complexity index is 870. The van der Waals surface area contributed by atoms with Crippen LogP contribution in [0.5, 0.6) is 0 Å². The van der Waals surface area contributed by atoms with Crippen LogP contribution in [0, 0.1) is 5.92 Å². The molecule has 5 nitrogen and oxygen atoms in total. The molecule has 0 fully saturated rings. The molecule has 1 heterocycles. The average Bonchev–Trinajstić information content (AvgIpc) is 2.74. The van der Waals surface area contributed by atoms with Crippen molar-refractivity contribution in [2.24, 2.45) is 16.6 Å². The minimum atomic E-state index is -0.399. The zero-order valence-corrected chi connectivity index (χ0v) is 18.2. The zero-order chi connectivity index (χ0) is 20.9. The van der Waals surface area contributed by atoms with Gasteiger partial charge in [-0.25, -0.2) is 0 Å². The van der Waals surface area contributed by atoms with E-state index in [9.17, 15) is 4.79 Å². The Morgan fingerprint density at radius 1 is 1.28 bits per heavy atom. The Kier molecular flexibility index (Phi) is 6.85. The number of nitrogens with one attached hydrogen (secondary N) is 1. The van der Waals surface area contributed by atoms with E-state index < -0.39 is 5.54 Å². The van der Waals surface area contributed by atoms with Crippen LogP contribution >= 0.6 is 11.8 Å². The fourth-order valence-electron chi connectivity index (χ4n) is 3.50. The highest BCUT2D eigenvalue weighted by molar-refractivity contribution is 8.13. The number of amidine groups is 1. The third-order valence-electron chi connectivity index (χ3n) is 5.65. The van der Waals surface area contributed by atoms with Gasteiger partial charge in [-0.05, 0) is 49.1 Å². The Hall–Kier alpha value is -2.47. The number of benzene rings is 2. The van der Waals surface area contributed by atoms with E-state index in [0.29, 0.717) is 23.2 Å².